The van der Waals surface area contributed by atoms with E-state index in [1.54, 1.807) is 29.8 Å². The normalized spacial score (nSPS) is 14.4. The molecular formula is C27H27F2N5O4S2. The van der Waals surface area contributed by atoms with Crippen LogP contribution in [0.2, 0.25) is 0 Å². The average molecular weight is 588 g/mol. The lowest BCUT2D eigenvalue weighted by Crippen LogP contribution is -2.49. The third kappa shape index (κ3) is 6.21. The summed E-state index contributed by atoms with van der Waals surface area (Å²) < 4.78 is 62.1. The SMILES string of the molecule is Cc1ncsc1CCOc1c(N2CCN(S(=O)(=O)Cc3ccccc3)CC2)cnn(-c2cc(F)cc(F)c2)c1=O. The minimum absolute atomic E-state index is 0.0255. The van der Waals surface area contributed by atoms with Gasteiger partial charge in [0.15, 0.2) is 0 Å². The molecule has 9 nitrogen and oxygen atoms in total. The summed E-state index contributed by atoms with van der Waals surface area (Å²) in [5.74, 6) is -1.81. The Kier molecular flexibility index (Phi) is 8.24. The van der Waals surface area contributed by atoms with Gasteiger partial charge >= 0.3 is 5.56 Å². The van der Waals surface area contributed by atoms with Crippen molar-refractivity contribution in [1.29, 1.82) is 0 Å². The van der Waals surface area contributed by atoms with E-state index in [4.69, 9.17) is 4.74 Å². The largest absolute Gasteiger partial charge is 0.486 e. The molecule has 1 aliphatic heterocycles. The van der Waals surface area contributed by atoms with E-state index in [2.05, 4.69) is 10.1 Å². The zero-order valence-corrected chi connectivity index (χ0v) is 23.3. The van der Waals surface area contributed by atoms with Gasteiger partial charge in [0.25, 0.3) is 0 Å². The number of aromatic nitrogens is 3. The maximum Gasteiger partial charge on any atom is 0.316 e. The molecule has 4 aromatic rings. The van der Waals surface area contributed by atoms with Gasteiger partial charge in [-0.3, -0.25) is 4.79 Å². The van der Waals surface area contributed by atoms with Gasteiger partial charge in [-0.1, -0.05) is 30.3 Å². The van der Waals surface area contributed by atoms with Crippen molar-refractivity contribution in [3.63, 3.8) is 0 Å². The van der Waals surface area contributed by atoms with E-state index in [9.17, 15) is 22.0 Å². The summed E-state index contributed by atoms with van der Waals surface area (Å²) in [6.07, 6.45) is 1.92. The van der Waals surface area contributed by atoms with E-state index >= 15 is 0 Å². The molecule has 1 aliphatic rings. The molecule has 5 rings (SSSR count). The summed E-state index contributed by atoms with van der Waals surface area (Å²) in [6, 6.07) is 11.7. The fourth-order valence-electron chi connectivity index (χ4n) is 4.53. The Morgan fingerprint density at radius 1 is 1.02 bits per heavy atom. The van der Waals surface area contributed by atoms with Crippen LogP contribution >= 0.6 is 11.3 Å². The van der Waals surface area contributed by atoms with Gasteiger partial charge in [0.05, 0.1) is 35.4 Å². The summed E-state index contributed by atoms with van der Waals surface area (Å²) in [4.78, 5) is 20.6. The summed E-state index contributed by atoms with van der Waals surface area (Å²) in [5, 5.41) is 4.17. The molecule has 0 aliphatic carbocycles. The predicted octanol–water partition coefficient (Wildman–Crippen LogP) is 3.55. The number of piperazine rings is 1. The smallest absolute Gasteiger partial charge is 0.316 e. The Balaban J connectivity index is 1.39. The summed E-state index contributed by atoms with van der Waals surface area (Å²) >= 11 is 1.48. The first kappa shape index (κ1) is 27.9. The standard InChI is InChI=1S/C27H27F2N5O4S2/c1-19-25(39-18-30-19)7-12-38-26-24(16-31-34(27(26)35)23-14-21(28)13-22(29)15-23)32-8-10-33(11-9-32)40(36,37)17-20-5-3-2-4-6-20/h2-6,13-16,18H,7-12,17H2,1H3. The van der Waals surface area contributed by atoms with Gasteiger partial charge in [-0.15, -0.1) is 11.3 Å². The van der Waals surface area contributed by atoms with Crippen LogP contribution in [-0.2, 0) is 22.2 Å². The van der Waals surface area contributed by atoms with Crippen molar-refractivity contribution < 1.29 is 21.9 Å². The van der Waals surface area contributed by atoms with Crippen LogP contribution in [0.3, 0.4) is 0 Å². The Hall–Kier alpha value is -3.68. The first-order valence-electron chi connectivity index (χ1n) is 12.6. The average Bonchev–Trinajstić information content (AvgIpc) is 3.33. The lowest BCUT2D eigenvalue weighted by Gasteiger charge is -2.35. The molecule has 2 aromatic carbocycles. The highest BCUT2D eigenvalue weighted by Gasteiger charge is 2.29. The van der Waals surface area contributed by atoms with Crippen molar-refractivity contribution in [2.75, 3.05) is 37.7 Å². The maximum atomic E-state index is 13.9. The number of thiazole rings is 1. The summed E-state index contributed by atoms with van der Waals surface area (Å²) in [5.41, 5.74) is 2.96. The lowest BCUT2D eigenvalue weighted by atomic mass is 10.2. The van der Waals surface area contributed by atoms with Crippen LogP contribution in [0.25, 0.3) is 5.69 Å². The molecule has 2 aromatic heterocycles. The molecule has 0 spiro atoms. The van der Waals surface area contributed by atoms with Gasteiger partial charge in [-0.2, -0.15) is 14.1 Å². The van der Waals surface area contributed by atoms with E-state index in [1.165, 1.54) is 21.8 Å². The monoisotopic (exact) mass is 587 g/mol. The van der Waals surface area contributed by atoms with E-state index in [-0.39, 0.29) is 36.9 Å². The number of sulfonamides is 1. The Labute approximate surface area is 234 Å². The van der Waals surface area contributed by atoms with Crippen LogP contribution in [-0.4, -0.2) is 60.3 Å². The molecule has 0 radical (unpaired) electrons. The fourth-order valence-corrected chi connectivity index (χ4v) is 6.81. The van der Waals surface area contributed by atoms with E-state index in [0.717, 1.165) is 27.4 Å². The van der Waals surface area contributed by atoms with Crippen molar-refractivity contribution >= 4 is 27.0 Å². The minimum atomic E-state index is -3.54. The number of anilines is 1. The number of hydrogen-bond acceptors (Lipinski definition) is 8. The first-order valence-corrected chi connectivity index (χ1v) is 15.1. The highest BCUT2D eigenvalue weighted by Crippen LogP contribution is 2.27. The molecule has 13 heteroatoms. The van der Waals surface area contributed by atoms with E-state index < -0.39 is 27.2 Å². The van der Waals surface area contributed by atoms with Crippen LogP contribution < -0.4 is 15.2 Å². The third-order valence-corrected chi connectivity index (χ3v) is 9.44. The molecule has 1 saturated heterocycles. The summed E-state index contributed by atoms with van der Waals surface area (Å²) in [7, 11) is -3.54. The van der Waals surface area contributed by atoms with Crippen LogP contribution in [0.4, 0.5) is 14.5 Å². The number of rotatable bonds is 9. The van der Waals surface area contributed by atoms with E-state index in [0.29, 0.717) is 36.8 Å². The molecular weight excluding hydrogens is 560 g/mol. The molecule has 0 N–H and O–H groups in total. The second-order valence-corrected chi connectivity index (χ2v) is 12.2. The number of halogens is 2. The van der Waals surface area contributed by atoms with Crippen LogP contribution in [0.5, 0.6) is 5.75 Å². The molecule has 0 saturated carbocycles. The first-order chi connectivity index (χ1) is 19.2. The molecule has 0 atom stereocenters. The molecule has 1 fully saturated rings. The number of nitrogens with zero attached hydrogens (tertiary/aromatic N) is 5. The van der Waals surface area contributed by atoms with Crippen LogP contribution in [0, 0.1) is 18.6 Å². The number of hydrogen-bond donors (Lipinski definition) is 0. The van der Waals surface area contributed by atoms with Crippen molar-refractivity contribution in [2.45, 2.75) is 19.1 Å². The molecule has 0 bridgehead atoms. The second-order valence-electron chi connectivity index (χ2n) is 9.29. The van der Waals surface area contributed by atoms with Gasteiger partial charge in [0, 0.05) is 43.5 Å². The number of aryl methyl sites for hydroxylation is 1. The van der Waals surface area contributed by atoms with Crippen molar-refractivity contribution in [3.05, 3.63) is 98.4 Å². The van der Waals surface area contributed by atoms with Gasteiger partial charge in [-0.25, -0.2) is 22.2 Å². The Morgan fingerprint density at radius 2 is 1.73 bits per heavy atom. The van der Waals surface area contributed by atoms with Crippen LogP contribution in [0.15, 0.2) is 65.0 Å². The topological polar surface area (TPSA) is 97.6 Å². The van der Waals surface area contributed by atoms with Gasteiger partial charge < -0.3 is 9.64 Å². The number of ether oxygens (including phenoxy) is 1. The quantitative estimate of drug-likeness (QED) is 0.296. The van der Waals surface area contributed by atoms with Crippen molar-refractivity contribution in [3.8, 4) is 11.4 Å². The Morgan fingerprint density at radius 3 is 2.38 bits per heavy atom. The number of benzene rings is 2. The highest BCUT2D eigenvalue weighted by atomic mass is 32.2. The minimum Gasteiger partial charge on any atom is -0.486 e. The molecule has 210 valence electrons. The second kappa shape index (κ2) is 11.8. The molecule has 3 heterocycles. The third-order valence-electron chi connectivity index (χ3n) is 6.59. The van der Waals surface area contributed by atoms with Crippen molar-refractivity contribution in [1.82, 2.24) is 19.1 Å². The zero-order valence-electron chi connectivity index (χ0n) is 21.7. The van der Waals surface area contributed by atoms with Gasteiger partial charge in [0.2, 0.25) is 15.8 Å². The fraction of sp³-hybridized carbons (Fsp3) is 0.296. The molecule has 0 amide bonds. The lowest BCUT2D eigenvalue weighted by molar-refractivity contribution is 0.313. The van der Waals surface area contributed by atoms with Gasteiger partial charge in [-0.05, 0) is 24.6 Å². The molecule has 0 unspecified atom stereocenters. The Bertz CT molecular complexity index is 1630. The van der Waals surface area contributed by atoms with Crippen LogP contribution in [0.1, 0.15) is 16.1 Å². The maximum absolute atomic E-state index is 13.9. The predicted molar refractivity (Wildman–Crippen MR) is 149 cm³/mol. The summed E-state index contributed by atoms with van der Waals surface area (Å²) in [6.45, 7) is 3.09. The zero-order chi connectivity index (χ0) is 28.3. The highest BCUT2D eigenvalue weighted by molar-refractivity contribution is 7.88. The molecule has 40 heavy (non-hydrogen) atoms. The van der Waals surface area contributed by atoms with Crippen molar-refractivity contribution in [2.24, 2.45) is 0 Å². The van der Waals surface area contributed by atoms with Gasteiger partial charge in [0.1, 0.15) is 17.3 Å². The van der Waals surface area contributed by atoms with E-state index in [1.807, 2.05) is 17.9 Å².